The van der Waals surface area contributed by atoms with Gasteiger partial charge < -0.3 is 14.3 Å². The Kier molecular flexibility index (Phi) is 4.53. The maximum absolute atomic E-state index is 12.8. The van der Waals surface area contributed by atoms with Gasteiger partial charge in [-0.25, -0.2) is 15.0 Å². The molecule has 8 nitrogen and oxygen atoms in total. The first-order chi connectivity index (χ1) is 13.1. The van der Waals surface area contributed by atoms with Crippen LogP contribution in [0.25, 0.3) is 11.6 Å². The molecule has 1 N–H and O–H groups in total. The monoisotopic (exact) mass is 365 g/mol. The summed E-state index contributed by atoms with van der Waals surface area (Å²) in [6, 6.07) is 3.59. The Labute approximate surface area is 155 Å². The first-order valence-corrected chi connectivity index (χ1v) is 8.82. The van der Waals surface area contributed by atoms with E-state index in [9.17, 15) is 9.59 Å². The molecule has 0 atom stereocenters. The van der Waals surface area contributed by atoms with Crippen LogP contribution in [-0.2, 0) is 24.2 Å². The lowest BCUT2D eigenvalue weighted by atomic mass is 10.1. The molecule has 0 radical (unpaired) electrons. The number of carbonyl (C=O) groups is 1. The van der Waals surface area contributed by atoms with E-state index < -0.39 is 0 Å². The molecule has 0 aliphatic carbocycles. The molecule has 138 valence electrons. The normalized spacial score (nSPS) is 13.9. The number of aromatic nitrogens is 4. The van der Waals surface area contributed by atoms with E-state index in [0.29, 0.717) is 36.0 Å². The van der Waals surface area contributed by atoms with Crippen LogP contribution in [0, 0.1) is 6.92 Å². The summed E-state index contributed by atoms with van der Waals surface area (Å²) in [5, 5.41) is 0. The molecule has 0 aromatic carbocycles. The molecule has 4 heterocycles. The van der Waals surface area contributed by atoms with Crippen LogP contribution in [0.3, 0.4) is 0 Å². The average molecular weight is 365 g/mol. The third-order valence-electron chi connectivity index (χ3n) is 4.71. The van der Waals surface area contributed by atoms with Gasteiger partial charge in [0, 0.05) is 48.7 Å². The Bertz CT molecular complexity index is 1030. The maximum Gasteiger partial charge on any atom is 0.255 e. The fourth-order valence-electron chi connectivity index (χ4n) is 3.26. The minimum absolute atomic E-state index is 0.0112. The van der Waals surface area contributed by atoms with Crippen molar-refractivity contribution in [1.29, 1.82) is 0 Å². The quantitative estimate of drug-likeness (QED) is 0.757. The standard InChI is InChI=1S/C19H19N5O3/c1-12-14(19(26)23-18(22-12)17-20-6-3-7-21-17)10-16(25)24-8-2-4-15-13(11-24)5-9-27-15/h3,5-7,9H,2,4,8,10-11H2,1H3,(H,22,23,26). The fourth-order valence-corrected chi connectivity index (χ4v) is 3.26. The molecule has 27 heavy (non-hydrogen) atoms. The van der Waals surface area contributed by atoms with Crippen LogP contribution in [0.1, 0.15) is 29.0 Å². The van der Waals surface area contributed by atoms with Crippen molar-refractivity contribution in [3.63, 3.8) is 0 Å². The van der Waals surface area contributed by atoms with E-state index in [1.165, 1.54) is 0 Å². The molecule has 0 fully saturated rings. The van der Waals surface area contributed by atoms with Crippen molar-refractivity contribution in [3.8, 4) is 11.6 Å². The summed E-state index contributed by atoms with van der Waals surface area (Å²) in [5.74, 6) is 1.49. The molecular formula is C19H19N5O3. The van der Waals surface area contributed by atoms with Crippen LogP contribution >= 0.6 is 0 Å². The summed E-state index contributed by atoms with van der Waals surface area (Å²) in [4.78, 5) is 42.4. The number of rotatable bonds is 3. The van der Waals surface area contributed by atoms with Gasteiger partial charge in [-0.1, -0.05) is 0 Å². The highest BCUT2D eigenvalue weighted by Gasteiger charge is 2.23. The van der Waals surface area contributed by atoms with Gasteiger partial charge in [-0.15, -0.1) is 0 Å². The number of furan rings is 1. The summed E-state index contributed by atoms with van der Waals surface area (Å²) in [5.41, 5.74) is 1.57. The van der Waals surface area contributed by atoms with E-state index in [0.717, 1.165) is 24.2 Å². The van der Waals surface area contributed by atoms with E-state index in [1.807, 2.05) is 6.07 Å². The number of fused-ring (bicyclic) bond motifs is 1. The van der Waals surface area contributed by atoms with Gasteiger partial charge in [0.05, 0.1) is 12.7 Å². The van der Waals surface area contributed by atoms with E-state index >= 15 is 0 Å². The highest BCUT2D eigenvalue weighted by molar-refractivity contribution is 5.79. The number of nitrogens with zero attached hydrogens (tertiary/aromatic N) is 4. The predicted molar refractivity (Wildman–Crippen MR) is 96.8 cm³/mol. The van der Waals surface area contributed by atoms with E-state index in [1.54, 1.807) is 36.5 Å². The SMILES string of the molecule is Cc1nc(-c2ncccn2)[nH]c(=O)c1CC(=O)N1CCCc2occc2C1. The Morgan fingerprint density at radius 2 is 2.15 bits per heavy atom. The van der Waals surface area contributed by atoms with E-state index in [2.05, 4.69) is 19.9 Å². The second-order valence-electron chi connectivity index (χ2n) is 6.52. The predicted octanol–water partition coefficient (Wildman–Crippen LogP) is 1.65. The Morgan fingerprint density at radius 3 is 2.93 bits per heavy atom. The van der Waals surface area contributed by atoms with Crippen molar-refractivity contribution >= 4 is 5.91 Å². The van der Waals surface area contributed by atoms with E-state index in [-0.39, 0.29) is 17.9 Å². The Balaban J connectivity index is 1.56. The average Bonchev–Trinajstić information content (AvgIpc) is 3.01. The number of H-pyrrole nitrogens is 1. The lowest BCUT2D eigenvalue weighted by Crippen LogP contribution is -2.34. The number of aromatic amines is 1. The minimum Gasteiger partial charge on any atom is -0.469 e. The van der Waals surface area contributed by atoms with Crippen LogP contribution in [0.4, 0.5) is 0 Å². The molecule has 1 amide bonds. The number of hydrogen-bond acceptors (Lipinski definition) is 6. The second-order valence-corrected chi connectivity index (χ2v) is 6.52. The highest BCUT2D eigenvalue weighted by Crippen LogP contribution is 2.20. The first-order valence-electron chi connectivity index (χ1n) is 8.82. The zero-order chi connectivity index (χ0) is 18.8. The lowest BCUT2D eigenvalue weighted by Gasteiger charge is -2.20. The number of aryl methyl sites for hydroxylation is 2. The zero-order valence-corrected chi connectivity index (χ0v) is 14.9. The summed E-state index contributed by atoms with van der Waals surface area (Å²) < 4.78 is 5.46. The van der Waals surface area contributed by atoms with Gasteiger partial charge >= 0.3 is 0 Å². The van der Waals surface area contributed by atoms with Gasteiger partial charge in [0.2, 0.25) is 5.91 Å². The Hall–Kier alpha value is -3.29. The van der Waals surface area contributed by atoms with Crippen LogP contribution in [-0.4, -0.2) is 37.3 Å². The van der Waals surface area contributed by atoms with Crippen LogP contribution in [0.5, 0.6) is 0 Å². The molecule has 0 unspecified atom stereocenters. The molecule has 0 saturated heterocycles. The zero-order valence-electron chi connectivity index (χ0n) is 14.9. The minimum atomic E-state index is -0.336. The number of nitrogens with one attached hydrogen (secondary N) is 1. The van der Waals surface area contributed by atoms with Crippen LogP contribution in [0.2, 0.25) is 0 Å². The molecule has 3 aromatic rings. The van der Waals surface area contributed by atoms with Crippen molar-refractivity contribution < 1.29 is 9.21 Å². The molecule has 0 bridgehead atoms. The van der Waals surface area contributed by atoms with Crippen LogP contribution < -0.4 is 5.56 Å². The summed E-state index contributed by atoms with van der Waals surface area (Å²) >= 11 is 0. The first kappa shape index (κ1) is 17.1. The van der Waals surface area contributed by atoms with Crippen molar-refractivity contribution in [3.05, 3.63) is 63.7 Å². The smallest absolute Gasteiger partial charge is 0.255 e. The van der Waals surface area contributed by atoms with Crippen molar-refractivity contribution in [2.45, 2.75) is 32.7 Å². The van der Waals surface area contributed by atoms with Gasteiger partial charge in [0.1, 0.15) is 5.76 Å². The highest BCUT2D eigenvalue weighted by atomic mass is 16.3. The van der Waals surface area contributed by atoms with Gasteiger partial charge in [-0.3, -0.25) is 9.59 Å². The number of amides is 1. The van der Waals surface area contributed by atoms with Crippen molar-refractivity contribution in [2.75, 3.05) is 6.54 Å². The lowest BCUT2D eigenvalue weighted by molar-refractivity contribution is -0.131. The van der Waals surface area contributed by atoms with Gasteiger partial charge in [0.25, 0.3) is 5.56 Å². The number of hydrogen-bond donors (Lipinski definition) is 1. The van der Waals surface area contributed by atoms with E-state index in [4.69, 9.17) is 4.42 Å². The summed E-state index contributed by atoms with van der Waals surface area (Å²) in [7, 11) is 0. The molecule has 4 rings (SSSR count). The molecule has 3 aromatic heterocycles. The Morgan fingerprint density at radius 1 is 1.33 bits per heavy atom. The second kappa shape index (κ2) is 7.14. The fraction of sp³-hybridized carbons (Fsp3) is 0.316. The third-order valence-corrected chi connectivity index (χ3v) is 4.71. The van der Waals surface area contributed by atoms with Gasteiger partial charge in [-0.2, -0.15) is 0 Å². The topological polar surface area (TPSA) is 105 Å². The largest absolute Gasteiger partial charge is 0.469 e. The molecule has 8 heteroatoms. The maximum atomic E-state index is 12.8. The van der Waals surface area contributed by atoms with Gasteiger partial charge in [-0.05, 0) is 25.5 Å². The molecule has 1 aliphatic heterocycles. The third kappa shape index (κ3) is 3.51. The van der Waals surface area contributed by atoms with Crippen molar-refractivity contribution in [1.82, 2.24) is 24.8 Å². The summed E-state index contributed by atoms with van der Waals surface area (Å²) in [6.07, 6.45) is 6.49. The molecular weight excluding hydrogens is 346 g/mol. The number of carbonyl (C=O) groups excluding carboxylic acids is 1. The molecule has 0 saturated carbocycles. The molecule has 1 aliphatic rings. The molecule has 0 spiro atoms. The van der Waals surface area contributed by atoms with Gasteiger partial charge in [0.15, 0.2) is 11.6 Å². The van der Waals surface area contributed by atoms with Crippen LogP contribution in [0.15, 0.2) is 40.0 Å². The summed E-state index contributed by atoms with van der Waals surface area (Å²) in [6.45, 7) is 2.87. The van der Waals surface area contributed by atoms with Crippen molar-refractivity contribution in [2.24, 2.45) is 0 Å².